The summed E-state index contributed by atoms with van der Waals surface area (Å²) in [4.78, 5) is 18.6. The van der Waals surface area contributed by atoms with E-state index in [2.05, 4.69) is 4.98 Å². The predicted molar refractivity (Wildman–Crippen MR) is 111 cm³/mol. The van der Waals surface area contributed by atoms with Gasteiger partial charge < -0.3 is 14.4 Å². The molecule has 156 valence electrons. The lowest BCUT2D eigenvalue weighted by Gasteiger charge is -2.39. The summed E-state index contributed by atoms with van der Waals surface area (Å²) in [6.07, 6.45) is 3.13. The Balaban J connectivity index is 1.33. The molecule has 6 heteroatoms. The molecule has 4 rings (SSSR count). The smallest absolute Gasteiger partial charge is 0.223 e. The Hall–Kier alpha value is -2.99. The third kappa shape index (κ3) is 4.14. The zero-order chi connectivity index (χ0) is 21.1. The van der Waals surface area contributed by atoms with Crippen LogP contribution in [0.3, 0.4) is 0 Å². The lowest BCUT2D eigenvalue weighted by molar-refractivity contribution is -0.135. The second kappa shape index (κ2) is 8.40. The van der Waals surface area contributed by atoms with Crippen LogP contribution in [0.5, 0.6) is 0 Å². The number of carbonyl (C=O) groups excluding carboxylic acids is 1. The zero-order valence-electron chi connectivity index (χ0n) is 17.0. The highest BCUT2D eigenvalue weighted by Crippen LogP contribution is 2.34. The first-order valence-corrected chi connectivity index (χ1v) is 10.2. The third-order valence-corrected chi connectivity index (χ3v) is 5.84. The van der Waals surface area contributed by atoms with E-state index < -0.39 is 5.60 Å². The molecule has 1 aliphatic rings. The van der Waals surface area contributed by atoms with E-state index >= 15 is 0 Å². The molecule has 1 aliphatic heterocycles. The average molecular weight is 408 g/mol. The van der Waals surface area contributed by atoms with Crippen molar-refractivity contribution in [2.75, 3.05) is 13.1 Å². The van der Waals surface area contributed by atoms with Crippen molar-refractivity contribution in [3.63, 3.8) is 0 Å². The molecule has 0 aliphatic carbocycles. The highest BCUT2D eigenvalue weighted by Gasteiger charge is 2.36. The molecule has 1 fully saturated rings. The number of aliphatic hydroxyl groups is 1. The number of carbonyl (C=O) groups is 1. The van der Waals surface area contributed by atoms with Gasteiger partial charge in [0.05, 0.1) is 17.4 Å². The number of aryl methyl sites for hydroxylation is 2. The molecule has 2 heterocycles. The minimum Gasteiger partial charge on any atom is -0.441 e. The van der Waals surface area contributed by atoms with Gasteiger partial charge in [0, 0.05) is 25.9 Å². The molecule has 0 saturated carbocycles. The molecule has 0 unspecified atom stereocenters. The Kier molecular flexibility index (Phi) is 5.68. The van der Waals surface area contributed by atoms with Crippen LogP contribution in [0.1, 0.15) is 36.3 Å². The van der Waals surface area contributed by atoms with Crippen LogP contribution in [0.25, 0.3) is 11.3 Å². The fourth-order valence-electron chi connectivity index (χ4n) is 4.07. The Morgan fingerprint density at radius 2 is 1.87 bits per heavy atom. The minimum absolute atomic E-state index is 0.00692. The van der Waals surface area contributed by atoms with Gasteiger partial charge in [-0.05, 0) is 43.0 Å². The molecule has 0 atom stereocenters. The van der Waals surface area contributed by atoms with Gasteiger partial charge >= 0.3 is 0 Å². The molecule has 1 N–H and O–H groups in total. The Bertz CT molecular complexity index is 1040. The quantitative estimate of drug-likeness (QED) is 0.686. The minimum atomic E-state index is -0.890. The maximum atomic E-state index is 13.9. The highest BCUT2D eigenvalue weighted by atomic mass is 19.1. The van der Waals surface area contributed by atoms with Crippen LogP contribution in [0.2, 0.25) is 0 Å². The van der Waals surface area contributed by atoms with E-state index in [1.54, 1.807) is 23.1 Å². The number of aromatic nitrogens is 1. The summed E-state index contributed by atoms with van der Waals surface area (Å²) >= 11 is 0. The maximum Gasteiger partial charge on any atom is 0.223 e. The molecule has 0 bridgehead atoms. The summed E-state index contributed by atoms with van der Waals surface area (Å²) < 4.78 is 19.5. The molecular formula is C24H25FN2O3. The number of halogens is 1. The number of rotatable bonds is 5. The molecule has 2 aromatic carbocycles. The summed E-state index contributed by atoms with van der Waals surface area (Å²) in [5.74, 6) is 0.407. The van der Waals surface area contributed by atoms with Crippen LogP contribution in [0.15, 0.2) is 59.1 Å². The standard InChI is InChI=1S/C24H25FN2O3/c1-17-6-2-4-8-19(17)24(29)12-14-27(15-13-24)23(28)11-10-22-26-16-21(30-22)18-7-3-5-9-20(18)25/h2-9,16,29H,10-15H2,1H3. The molecule has 30 heavy (non-hydrogen) atoms. The van der Waals surface area contributed by atoms with Gasteiger partial charge in [0.25, 0.3) is 0 Å². The summed E-state index contributed by atoms with van der Waals surface area (Å²) in [5, 5.41) is 11.1. The first-order valence-electron chi connectivity index (χ1n) is 10.2. The summed E-state index contributed by atoms with van der Waals surface area (Å²) in [6, 6.07) is 14.2. The SMILES string of the molecule is Cc1ccccc1C1(O)CCN(C(=O)CCc2ncc(-c3ccccc3F)o2)CC1. The van der Waals surface area contributed by atoms with Gasteiger partial charge in [0.1, 0.15) is 5.82 Å². The summed E-state index contributed by atoms with van der Waals surface area (Å²) in [6.45, 7) is 3.02. The molecule has 1 saturated heterocycles. The molecule has 1 amide bonds. The van der Waals surface area contributed by atoms with Crippen LogP contribution in [-0.4, -0.2) is 34.0 Å². The first kappa shape index (κ1) is 20.3. The second-order valence-corrected chi connectivity index (χ2v) is 7.83. The van der Waals surface area contributed by atoms with E-state index in [0.29, 0.717) is 49.6 Å². The number of amides is 1. The van der Waals surface area contributed by atoms with Gasteiger partial charge in [-0.2, -0.15) is 0 Å². The van der Waals surface area contributed by atoms with Crippen molar-refractivity contribution in [2.24, 2.45) is 0 Å². The number of likely N-dealkylation sites (tertiary alicyclic amines) is 1. The summed E-state index contributed by atoms with van der Waals surface area (Å²) in [7, 11) is 0. The topological polar surface area (TPSA) is 66.6 Å². The van der Waals surface area contributed by atoms with E-state index in [0.717, 1.165) is 11.1 Å². The maximum absolute atomic E-state index is 13.9. The number of nitrogens with zero attached hydrogens (tertiary/aromatic N) is 2. The zero-order valence-corrected chi connectivity index (χ0v) is 17.0. The molecule has 0 radical (unpaired) electrons. The fraction of sp³-hybridized carbons (Fsp3) is 0.333. The number of oxazole rings is 1. The van der Waals surface area contributed by atoms with E-state index in [1.165, 1.54) is 12.3 Å². The van der Waals surface area contributed by atoms with Gasteiger partial charge in [-0.25, -0.2) is 9.37 Å². The van der Waals surface area contributed by atoms with Crippen LogP contribution in [0.4, 0.5) is 4.39 Å². The van der Waals surface area contributed by atoms with E-state index in [9.17, 15) is 14.3 Å². The van der Waals surface area contributed by atoms with Crippen molar-refractivity contribution in [3.05, 3.63) is 77.6 Å². The molecule has 5 nitrogen and oxygen atoms in total. The molecule has 0 spiro atoms. The van der Waals surface area contributed by atoms with Gasteiger partial charge in [-0.1, -0.05) is 36.4 Å². The van der Waals surface area contributed by atoms with Crippen LogP contribution in [-0.2, 0) is 16.8 Å². The number of benzene rings is 2. The lowest BCUT2D eigenvalue weighted by Crippen LogP contribution is -2.45. The van der Waals surface area contributed by atoms with E-state index in [4.69, 9.17) is 4.42 Å². The van der Waals surface area contributed by atoms with Crippen molar-refractivity contribution in [1.29, 1.82) is 0 Å². The third-order valence-electron chi connectivity index (χ3n) is 5.84. The Morgan fingerprint density at radius 3 is 2.60 bits per heavy atom. The van der Waals surface area contributed by atoms with Crippen LogP contribution >= 0.6 is 0 Å². The predicted octanol–water partition coefficient (Wildman–Crippen LogP) is 4.23. The van der Waals surface area contributed by atoms with Crippen molar-refractivity contribution in [3.8, 4) is 11.3 Å². The van der Waals surface area contributed by atoms with E-state index in [-0.39, 0.29) is 18.1 Å². The van der Waals surface area contributed by atoms with Gasteiger partial charge in [-0.15, -0.1) is 0 Å². The largest absolute Gasteiger partial charge is 0.441 e. The fourth-order valence-corrected chi connectivity index (χ4v) is 4.07. The monoisotopic (exact) mass is 408 g/mol. The van der Waals surface area contributed by atoms with Crippen molar-refractivity contribution < 1.29 is 18.7 Å². The van der Waals surface area contributed by atoms with E-state index in [1.807, 2.05) is 31.2 Å². The van der Waals surface area contributed by atoms with Crippen molar-refractivity contribution in [1.82, 2.24) is 9.88 Å². The van der Waals surface area contributed by atoms with Crippen molar-refractivity contribution in [2.45, 2.75) is 38.2 Å². The van der Waals surface area contributed by atoms with Gasteiger partial charge in [0.2, 0.25) is 5.91 Å². The van der Waals surface area contributed by atoms with Gasteiger partial charge in [0.15, 0.2) is 11.7 Å². The Morgan fingerprint density at radius 1 is 1.17 bits per heavy atom. The first-order chi connectivity index (χ1) is 14.5. The highest BCUT2D eigenvalue weighted by molar-refractivity contribution is 5.76. The van der Waals surface area contributed by atoms with Crippen LogP contribution < -0.4 is 0 Å². The van der Waals surface area contributed by atoms with Gasteiger partial charge in [-0.3, -0.25) is 4.79 Å². The number of hydrogen-bond donors (Lipinski definition) is 1. The van der Waals surface area contributed by atoms with Crippen LogP contribution in [0, 0.1) is 12.7 Å². The molecular weight excluding hydrogens is 383 g/mol. The van der Waals surface area contributed by atoms with Crippen molar-refractivity contribution >= 4 is 5.91 Å². The Labute approximate surface area is 175 Å². The lowest BCUT2D eigenvalue weighted by atomic mass is 9.82. The normalized spacial score (nSPS) is 15.9. The molecule has 3 aromatic rings. The number of hydrogen-bond acceptors (Lipinski definition) is 4. The molecule has 1 aromatic heterocycles. The summed E-state index contributed by atoms with van der Waals surface area (Å²) in [5.41, 5.74) is 1.47. The average Bonchev–Trinajstić information content (AvgIpc) is 3.22. The second-order valence-electron chi connectivity index (χ2n) is 7.83. The number of piperidine rings is 1.